The molecule has 0 aliphatic carbocycles. The lowest BCUT2D eigenvalue weighted by Gasteiger charge is -2.05. The maximum absolute atomic E-state index is 13.7. The van der Waals surface area contributed by atoms with Gasteiger partial charge in [0.25, 0.3) is 5.91 Å². The number of hydrogen-bond acceptors (Lipinski definition) is 5. The lowest BCUT2D eigenvalue weighted by atomic mass is 10.1. The van der Waals surface area contributed by atoms with Crippen molar-refractivity contribution in [3.05, 3.63) is 48.0 Å². The Kier molecular flexibility index (Phi) is 6.90. The third kappa shape index (κ3) is 5.73. The molecule has 1 heterocycles. The number of rotatable bonds is 7. The van der Waals surface area contributed by atoms with Gasteiger partial charge in [-0.15, -0.1) is 0 Å². The maximum atomic E-state index is 13.7. The Morgan fingerprint density at radius 1 is 1.15 bits per heavy atom. The highest BCUT2D eigenvalue weighted by Crippen LogP contribution is 2.25. The van der Waals surface area contributed by atoms with E-state index in [0.29, 0.717) is 23.6 Å². The third-order valence-corrected chi connectivity index (χ3v) is 3.33. The number of benzene rings is 1. The maximum Gasteiger partial charge on any atom is 0.321 e. The Hall–Kier alpha value is -3.16. The Morgan fingerprint density at radius 2 is 1.92 bits per heavy atom. The van der Waals surface area contributed by atoms with Crippen molar-refractivity contribution in [2.45, 2.75) is 19.8 Å². The van der Waals surface area contributed by atoms with Gasteiger partial charge in [0.15, 0.2) is 6.61 Å². The molecular weight excluding hydrogens is 343 g/mol. The molecule has 3 amide bonds. The minimum atomic E-state index is -0.718. The van der Waals surface area contributed by atoms with Crippen molar-refractivity contribution in [2.24, 2.45) is 0 Å². The Morgan fingerprint density at radius 3 is 2.65 bits per heavy atom. The molecule has 0 spiro atoms. The molecule has 0 aliphatic rings. The van der Waals surface area contributed by atoms with Gasteiger partial charge in [0.1, 0.15) is 17.3 Å². The van der Waals surface area contributed by atoms with Gasteiger partial charge in [0, 0.05) is 13.0 Å². The Balaban J connectivity index is 1.77. The van der Waals surface area contributed by atoms with Crippen LogP contribution in [0.2, 0.25) is 0 Å². The van der Waals surface area contributed by atoms with E-state index in [1.54, 1.807) is 37.3 Å². The van der Waals surface area contributed by atoms with Gasteiger partial charge < -0.3 is 14.5 Å². The van der Waals surface area contributed by atoms with Crippen LogP contribution in [0.3, 0.4) is 0 Å². The zero-order valence-electron chi connectivity index (χ0n) is 14.2. The van der Waals surface area contributed by atoms with E-state index >= 15 is 0 Å². The number of hydrogen-bond donors (Lipinski definition) is 2. The van der Waals surface area contributed by atoms with E-state index in [1.165, 1.54) is 6.07 Å². The minimum absolute atomic E-state index is 0.0152. The molecule has 2 N–H and O–H groups in total. The van der Waals surface area contributed by atoms with Crippen molar-refractivity contribution in [3.63, 3.8) is 0 Å². The molecule has 0 bridgehead atoms. The van der Waals surface area contributed by atoms with Crippen LogP contribution in [0, 0.1) is 5.82 Å². The molecule has 0 radical (unpaired) electrons. The van der Waals surface area contributed by atoms with E-state index in [0.717, 1.165) is 0 Å². The van der Waals surface area contributed by atoms with E-state index in [2.05, 4.69) is 5.32 Å². The molecule has 8 heteroatoms. The fraction of sp³-hybridized carbons (Fsp3) is 0.278. The SMILES string of the molecule is CCNC(=O)NC(=O)COC(=O)CCc1ccc(-c2ccccc2F)o1. The van der Waals surface area contributed by atoms with Crippen molar-refractivity contribution in [3.8, 4) is 11.3 Å². The third-order valence-electron chi connectivity index (χ3n) is 3.33. The molecule has 1 aromatic heterocycles. The molecular formula is C18H19FN2O5. The molecule has 0 atom stereocenters. The van der Waals surface area contributed by atoms with Crippen LogP contribution in [0.1, 0.15) is 19.1 Å². The zero-order valence-corrected chi connectivity index (χ0v) is 14.2. The summed E-state index contributed by atoms with van der Waals surface area (Å²) in [7, 11) is 0. The average Bonchev–Trinajstić information content (AvgIpc) is 3.07. The summed E-state index contributed by atoms with van der Waals surface area (Å²) >= 11 is 0. The monoisotopic (exact) mass is 362 g/mol. The number of furan rings is 1. The minimum Gasteiger partial charge on any atom is -0.461 e. The fourth-order valence-electron chi connectivity index (χ4n) is 2.13. The lowest BCUT2D eigenvalue weighted by molar-refractivity contribution is -0.148. The first kappa shape index (κ1) is 19.2. The summed E-state index contributed by atoms with van der Waals surface area (Å²) in [5.74, 6) is -0.866. The highest BCUT2D eigenvalue weighted by Gasteiger charge is 2.13. The van der Waals surface area contributed by atoms with Gasteiger partial charge in [0.05, 0.1) is 12.0 Å². The quantitative estimate of drug-likeness (QED) is 0.737. The molecule has 2 rings (SSSR count). The molecule has 7 nitrogen and oxygen atoms in total. The number of nitrogens with one attached hydrogen (secondary N) is 2. The number of amides is 3. The van der Waals surface area contributed by atoms with Gasteiger partial charge in [0.2, 0.25) is 0 Å². The summed E-state index contributed by atoms with van der Waals surface area (Å²) in [5, 5.41) is 4.40. The molecule has 0 saturated carbocycles. The second-order valence-electron chi connectivity index (χ2n) is 5.31. The van der Waals surface area contributed by atoms with E-state index in [-0.39, 0.29) is 12.8 Å². The van der Waals surface area contributed by atoms with Crippen molar-refractivity contribution in [1.82, 2.24) is 10.6 Å². The summed E-state index contributed by atoms with van der Waals surface area (Å²) in [6.45, 7) is 1.53. The molecule has 2 aromatic rings. The average molecular weight is 362 g/mol. The predicted molar refractivity (Wildman–Crippen MR) is 90.6 cm³/mol. The number of esters is 1. The molecule has 0 aliphatic heterocycles. The molecule has 138 valence electrons. The number of carbonyl (C=O) groups excluding carboxylic acids is 3. The summed E-state index contributed by atoms with van der Waals surface area (Å²) in [5.41, 5.74) is 0.336. The van der Waals surface area contributed by atoms with Crippen molar-refractivity contribution in [2.75, 3.05) is 13.2 Å². The van der Waals surface area contributed by atoms with Crippen LogP contribution in [0.15, 0.2) is 40.8 Å². The van der Waals surface area contributed by atoms with Crippen LogP contribution in [0.5, 0.6) is 0 Å². The van der Waals surface area contributed by atoms with Gasteiger partial charge >= 0.3 is 12.0 Å². The number of imide groups is 1. The second-order valence-corrected chi connectivity index (χ2v) is 5.31. The van der Waals surface area contributed by atoms with Gasteiger partial charge in [-0.25, -0.2) is 9.18 Å². The highest BCUT2D eigenvalue weighted by molar-refractivity contribution is 5.95. The van der Waals surface area contributed by atoms with Gasteiger partial charge in [-0.2, -0.15) is 0 Å². The number of ether oxygens (including phenoxy) is 1. The van der Waals surface area contributed by atoms with Crippen LogP contribution >= 0.6 is 0 Å². The molecule has 0 fully saturated rings. The first-order valence-corrected chi connectivity index (χ1v) is 8.06. The van der Waals surface area contributed by atoms with Crippen LogP contribution < -0.4 is 10.6 Å². The summed E-state index contributed by atoms with van der Waals surface area (Å²) in [6, 6.07) is 8.84. The van der Waals surface area contributed by atoms with E-state index in [4.69, 9.17) is 9.15 Å². The largest absolute Gasteiger partial charge is 0.461 e. The van der Waals surface area contributed by atoms with Crippen LogP contribution in [-0.2, 0) is 20.7 Å². The first-order valence-electron chi connectivity index (χ1n) is 8.06. The fourth-order valence-corrected chi connectivity index (χ4v) is 2.13. The van der Waals surface area contributed by atoms with E-state index in [9.17, 15) is 18.8 Å². The summed E-state index contributed by atoms with van der Waals surface area (Å²) in [4.78, 5) is 34.2. The number of aryl methyl sites for hydroxylation is 1. The van der Waals surface area contributed by atoms with Crippen LogP contribution in [0.25, 0.3) is 11.3 Å². The van der Waals surface area contributed by atoms with Crippen LogP contribution in [0.4, 0.5) is 9.18 Å². The summed E-state index contributed by atoms with van der Waals surface area (Å²) in [6.07, 6.45) is 0.226. The van der Waals surface area contributed by atoms with Crippen molar-refractivity contribution in [1.29, 1.82) is 0 Å². The Bertz CT molecular complexity index is 787. The first-order chi connectivity index (χ1) is 12.5. The highest BCUT2D eigenvalue weighted by atomic mass is 19.1. The normalized spacial score (nSPS) is 10.2. The van der Waals surface area contributed by atoms with Gasteiger partial charge in [-0.1, -0.05) is 12.1 Å². The van der Waals surface area contributed by atoms with E-state index < -0.39 is 30.3 Å². The van der Waals surface area contributed by atoms with E-state index in [1.807, 2.05) is 5.32 Å². The smallest absolute Gasteiger partial charge is 0.321 e. The number of halogens is 1. The summed E-state index contributed by atoms with van der Waals surface area (Å²) < 4.78 is 24.0. The molecule has 0 saturated heterocycles. The van der Waals surface area contributed by atoms with Crippen LogP contribution in [-0.4, -0.2) is 31.1 Å². The number of urea groups is 1. The number of carbonyl (C=O) groups is 3. The predicted octanol–water partition coefficient (Wildman–Crippen LogP) is 2.41. The lowest BCUT2D eigenvalue weighted by Crippen LogP contribution is -2.41. The van der Waals surface area contributed by atoms with Crippen molar-refractivity contribution >= 4 is 17.9 Å². The van der Waals surface area contributed by atoms with Gasteiger partial charge in [-0.05, 0) is 31.2 Å². The van der Waals surface area contributed by atoms with Crippen molar-refractivity contribution < 1.29 is 27.9 Å². The topological polar surface area (TPSA) is 97.6 Å². The molecule has 0 unspecified atom stereocenters. The molecule has 1 aromatic carbocycles. The standard InChI is InChI=1S/C18H19FN2O5/c1-2-20-18(24)21-16(22)11-25-17(23)10-8-12-7-9-15(26-12)13-5-3-4-6-14(13)19/h3-7,9H,2,8,10-11H2,1H3,(H2,20,21,22,24). The van der Waals surface area contributed by atoms with Gasteiger partial charge in [-0.3, -0.25) is 14.9 Å². The zero-order chi connectivity index (χ0) is 18.9. The Labute approximate surface area is 149 Å². The molecule has 26 heavy (non-hydrogen) atoms. The second kappa shape index (κ2) is 9.36.